The van der Waals surface area contributed by atoms with Gasteiger partial charge in [0.2, 0.25) is 10.6 Å². The molecule has 1 N–H and O–H groups in total. The lowest BCUT2D eigenvalue weighted by Gasteiger charge is -2.05. The zero-order valence-electron chi connectivity index (χ0n) is 10.9. The number of rotatable bonds is 4. The second-order valence-electron chi connectivity index (χ2n) is 4.37. The number of halogens is 2. The lowest BCUT2D eigenvalue weighted by Crippen LogP contribution is -2.04. The van der Waals surface area contributed by atoms with E-state index in [1.807, 2.05) is 17.5 Å². The van der Waals surface area contributed by atoms with Gasteiger partial charge in [0.15, 0.2) is 0 Å². The van der Waals surface area contributed by atoms with E-state index in [0.717, 1.165) is 10.9 Å². The summed E-state index contributed by atoms with van der Waals surface area (Å²) in [6, 6.07) is 7.07. The van der Waals surface area contributed by atoms with Crippen LogP contribution in [0.5, 0.6) is 0 Å². The van der Waals surface area contributed by atoms with Crippen molar-refractivity contribution in [2.75, 3.05) is 5.32 Å². The van der Waals surface area contributed by atoms with Gasteiger partial charge in [-0.15, -0.1) is 11.3 Å². The van der Waals surface area contributed by atoms with Crippen LogP contribution >= 0.6 is 34.5 Å². The van der Waals surface area contributed by atoms with E-state index in [1.54, 1.807) is 12.1 Å². The van der Waals surface area contributed by atoms with Crippen LogP contribution in [0, 0.1) is 10.1 Å². The molecule has 22 heavy (non-hydrogen) atoms. The Morgan fingerprint density at radius 2 is 2.05 bits per heavy atom. The van der Waals surface area contributed by atoms with Gasteiger partial charge in [-0.1, -0.05) is 34.3 Å². The van der Waals surface area contributed by atoms with Crippen LogP contribution < -0.4 is 5.32 Å². The van der Waals surface area contributed by atoms with Crippen LogP contribution in [-0.4, -0.2) is 14.9 Å². The average molecular weight is 355 g/mol. The topological polar surface area (TPSA) is 81.0 Å². The second kappa shape index (κ2) is 6.04. The van der Waals surface area contributed by atoms with Gasteiger partial charge in [-0.3, -0.25) is 0 Å². The summed E-state index contributed by atoms with van der Waals surface area (Å²) < 4.78 is 0. The van der Waals surface area contributed by atoms with Crippen molar-refractivity contribution in [3.8, 4) is 0 Å². The largest absolute Gasteiger partial charge is 0.472 e. The minimum Gasteiger partial charge on any atom is -0.390 e. The highest BCUT2D eigenvalue weighted by Crippen LogP contribution is 2.28. The number of aromatic nitrogens is 2. The van der Waals surface area contributed by atoms with Crippen molar-refractivity contribution in [3.63, 3.8) is 0 Å². The first-order chi connectivity index (χ1) is 10.5. The van der Waals surface area contributed by atoms with E-state index < -0.39 is 10.9 Å². The molecule has 3 aromatic rings. The molecule has 0 spiro atoms. The average Bonchev–Trinajstić information content (AvgIpc) is 2.96. The van der Waals surface area contributed by atoms with Crippen molar-refractivity contribution in [1.29, 1.82) is 0 Å². The fourth-order valence-electron chi connectivity index (χ4n) is 1.90. The molecule has 0 atom stereocenters. The molecular formula is C13H8Cl2N4O2S. The van der Waals surface area contributed by atoms with E-state index in [1.165, 1.54) is 11.3 Å². The first-order valence-corrected chi connectivity index (χ1v) is 7.75. The number of nitrogens with one attached hydrogen (secondary N) is 1. The maximum Gasteiger partial charge on any atom is 0.472 e. The third kappa shape index (κ3) is 2.96. The lowest BCUT2D eigenvalue weighted by molar-refractivity contribution is -0.394. The number of anilines is 1. The van der Waals surface area contributed by atoms with Crippen molar-refractivity contribution >= 4 is 56.5 Å². The molecule has 0 unspecified atom stereocenters. The molecule has 9 heteroatoms. The lowest BCUT2D eigenvalue weighted by atomic mass is 10.2. The highest BCUT2D eigenvalue weighted by molar-refractivity contribution is 7.16. The molecule has 0 saturated heterocycles. The van der Waals surface area contributed by atoms with Crippen LogP contribution in [0.15, 0.2) is 29.6 Å². The van der Waals surface area contributed by atoms with E-state index >= 15 is 0 Å². The maximum absolute atomic E-state index is 10.9. The fourth-order valence-corrected chi connectivity index (χ4v) is 2.98. The van der Waals surface area contributed by atoms with Gasteiger partial charge in [0.25, 0.3) is 0 Å². The summed E-state index contributed by atoms with van der Waals surface area (Å²) in [6.07, 6.45) is 0. The normalized spacial score (nSPS) is 10.8. The standard InChI is InChI=1S/C13H8Cl2N4O2S/c14-9-2-1-7(5-10(9)15)6-16-11-8-3-4-22-12(8)18-13(17-11)19(20)21/h1-5H,6H2,(H,16,17,18). The number of hydrogen-bond acceptors (Lipinski definition) is 6. The Hall–Kier alpha value is -1.96. The first kappa shape index (κ1) is 15.0. The summed E-state index contributed by atoms with van der Waals surface area (Å²) >= 11 is 13.2. The Balaban J connectivity index is 1.91. The summed E-state index contributed by atoms with van der Waals surface area (Å²) in [7, 11) is 0. The predicted molar refractivity (Wildman–Crippen MR) is 87.9 cm³/mol. The molecule has 112 valence electrons. The molecule has 0 fully saturated rings. The van der Waals surface area contributed by atoms with Gasteiger partial charge >= 0.3 is 5.95 Å². The molecule has 1 aromatic carbocycles. The molecule has 3 rings (SSSR count). The van der Waals surface area contributed by atoms with E-state index in [9.17, 15) is 10.1 Å². The second-order valence-corrected chi connectivity index (χ2v) is 6.08. The smallest absolute Gasteiger partial charge is 0.390 e. The van der Waals surface area contributed by atoms with Crippen LogP contribution in [0.2, 0.25) is 10.0 Å². The van der Waals surface area contributed by atoms with Crippen molar-refractivity contribution in [2.45, 2.75) is 6.54 Å². The number of benzene rings is 1. The van der Waals surface area contributed by atoms with Crippen LogP contribution in [0.4, 0.5) is 11.8 Å². The minimum atomic E-state index is -0.608. The Kier molecular flexibility index (Phi) is 4.10. The maximum atomic E-state index is 10.9. The molecule has 0 saturated carbocycles. The number of fused-ring (bicyclic) bond motifs is 1. The van der Waals surface area contributed by atoms with E-state index in [-0.39, 0.29) is 0 Å². The zero-order valence-corrected chi connectivity index (χ0v) is 13.2. The molecule has 0 bridgehead atoms. The SMILES string of the molecule is O=[N+]([O-])c1nc(NCc2ccc(Cl)c(Cl)c2)c2ccsc2n1. The number of hydrogen-bond donors (Lipinski definition) is 1. The first-order valence-electron chi connectivity index (χ1n) is 6.12. The van der Waals surface area contributed by atoms with Gasteiger partial charge in [0.1, 0.15) is 0 Å². The number of nitrogens with zero attached hydrogens (tertiary/aromatic N) is 3. The Morgan fingerprint density at radius 3 is 2.77 bits per heavy atom. The van der Waals surface area contributed by atoms with Gasteiger partial charge in [0.05, 0.1) is 15.4 Å². The van der Waals surface area contributed by atoms with E-state index in [0.29, 0.717) is 27.2 Å². The minimum absolute atomic E-state index is 0.413. The molecular weight excluding hydrogens is 347 g/mol. The van der Waals surface area contributed by atoms with Gasteiger partial charge in [-0.25, -0.2) is 0 Å². The molecule has 0 aliphatic carbocycles. The summed E-state index contributed by atoms with van der Waals surface area (Å²) in [6.45, 7) is 0.413. The van der Waals surface area contributed by atoms with Crippen molar-refractivity contribution in [3.05, 3.63) is 55.4 Å². The highest BCUT2D eigenvalue weighted by atomic mass is 35.5. The summed E-state index contributed by atoms with van der Waals surface area (Å²) in [5.74, 6) is -0.00406. The van der Waals surface area contributed by atoms with Gasteiger partial charge in [0, 0.05) is 6.54 Å². The third-order valence-corrected chi connectivity index (χ3v) is 4.47. The van der Waals surface area contributed by atoms with Gasteiger partial charge in [-0.2, -0.15) is 0 Å². The zero-order chi connectivity index (χ0) is 15.7. The molecule has 0 aliphatic heterocycles. The predicted octanol–water partition coefficient (Wildman–Crippen LogP) is 4.52. The number of thiophene rings is 1. The van der Waals surface area contributed by atoms with Crippen LogP contribution in [0.1, 0.15) is 5.56 Å². The van der Waals surface area contributed by atoms with Crippen molar-refractivity contribution < 1.29 is 4.92 Å². The Morgan fingerprint density at radius 1 is 1.23 bits per heavy atom. The molecule has 0 radical (unpaired) electrons. The van der Waals surface area contributed by atoms with Crippen molar-refractivity contribution in [1.82, 2.24) is 9.97 Å². The number of nitro groups is 1. The molecule has 2 aromatic heterocycles. The van der Waals surface area contributed by atoms with Gasteiger partial charge < -0.3 is 15.4 Å². The molecule has 6 nitrogen and oxygen atoms in total. The molecule has 0 amide bonds. The molecule has 0 aliphatic rings. The monoisotopic (exact) mass is 354 g/mol. The summed E-state index contributed by atoms with van der Waals surface area (Å²) in [4.78, 5) is 18.7. The summed E-state index contributed by atoms with van der Waals surface area (Å²) in [5.41, 5.74) is 0.888. The fraction of sp³-hybridized carbons (Fsp3) is 0.0769. The van der Waals surface area contributed by atoms with E-state index in [4.69, 9.17) is 23.2 Å². The van der Waals surface area contributed by atoms with Crippen LogP contribution in [-0.2, 0) is 6.54 Å². The third-order valence-electron chi connectivity index (χ3n) is 2.92. The Bertz CT molecular complexity index is 868. The van der Waals surface area contributed by atoms with Crippen LogP contribution in [0.3, 0.4) is 0 Å². The van der Waals surface area contributed by atoms with Crippen molar-refractivity contribution in [2.24, 2.45) is 0 Å². The van der Waals surface area contributed by atoms with Gasteiger partial charge in [-0.05, 0) is 39.0 Å². The van der Waals surface area contributed by atoms with E-state index in [2.05, 4.69) is 15.3 Å². The summed E-state index contributed by atoms with van der Waals surface area (Å²) in [5, 5.41) is 17.5. The quantitative estimate of drug-likeness (QED) is 0.550. The molecule has 2 heterocycles. The van der Waals surface area contributed by atoms with Crippen LogP contribution in [0.25, 0.3) is 10.2 Å². The highest BCUT2D eigenvalue weighted by Gasteiger charge is 2.18. The Labute approximate surface area is 138 Å².